The summed E-state index contributed by atoms with van der Waals surface area (Å²) in [5.74, 6) is -0.260. The van der Waals surface area contributed by atoms with Gasteiger partial charge in [0.25, 0.3) is 11.8 Å². The summed E-state index contributed by atoms with van der Waals surface area (Å²) in [4.78, 5) is 29.1. The molecule has 25 heavy (non-hydrogen) atoms. The van der Waals surface area contributed by atoms with Gasteiger partial charge in [-0.15, -0.1) is 11.3 Å². The van der Waals surface area contributed by atoms with Crippen molar-refractivity contribution in [2.45, 2.75) is 13.5 Å². The maximum absolute atomic E-state index is 12.4. The number of benzene rings is 1. The summed E-state index contributed by atoms with van der Waals surface area (Å²) in [6, 6.07) is 9.15. The van der Waals surface area contributed by atoms with E-state index in [1.54, 1.807) is 30.5 Å². The second-order valence-corrected chi connectivity index (χ2v) is 7.18. The second-order valence-electron chi connectivity index (χ2n) is 5.40. The van der Waals surface area contributed by atoms with Crippen LogP contribution in [0.3, 0.4) is 0 Å². The number of thiophene rings is 1. The van der Waals surface area contributed by atoms with Crippen molar-refractivity contribution in [2.75, 3.05) is 7.05 Å². The first-order valence-corrected chi connectivity index (χ1v) is 9.43. The van der Waals surface area contributed by atoms with E-state index in [1.165, 1.54) is 11.3 Å². The van der Waals surface area contributed by atoms with Gasteiger partial charge in [0.05, 0.1) is 5.69 Å². The third kappa shape index (κ3) is 3.94. The number of nitrogens with zero attached hydrogens (tertiary/aromatic N) is 1. The molecule has 0 saturated carbocycles. The summed E-state index contributed by atoms with van der Waals surface area (Å²) in [6.45, 7) is 2.25. The Morgan fingerprint density at radius 3 is 2.52 bits per heavy atom. The fourth-order valence-corrected chi connectivity index (χ4v) is 3.99. The number of hydrogen-bond donors (Lipinski definition) is 2. The summed E-state index contributed by atoms with van der Waals surface area (Å²) in [5, 5.41) is 10.4. The summed E-state index contributed by atoms with van der Waals surface area (Å²) >= 11 is 3.01. The highest BCUT2D eigenvalue weighted by Gasteiger charge is 2.16. The van der Waals surface area contributed by atoms with Gasteiger partial charge >= 0.3 is 0 Å². The van der Waals surface area contributed by atoms with E-state index in [9.17, 15) is 9.59 Å². The van der Waals surface area contributed by atoms with Crippen LogP contribution in [0, 0.1) is 6.92 Å². The van der Waals surface area contributed by atoms with Gasteiger partial charge in [-0.2, -0.15) is 11.3 Å². The number of aryl methyl sites for hydroxylation is 1. The van der Waals surface area contributed by atoms with Crippen molar-refractivity contribution < 1.29 is 9.59 Å². The molecular weight excluding hydrogens is 354 g/mol. The van der Waals surface area contributed by atoms with Crippen molar-refractivity contribution in [3.8, 4) is 10.6 Å². The molecule has 0 unspecified atom stereocenters. The summed E-state index contributed by atoms with van der Waals surface area (Å²) in [6.07, 6.45) is 0. The molecule has 2 N–H and O–H groups in total. The summed E-state index contributed by atoms with van der Waals surface area (Å²) < 4.78 is 0. The van der Waals surface area contributed by atoms with E-state index in [0.29, 0.717) is 17.0 Å². The Labute approximate surface area is 153 Å². The van der Waals surface area contributed by atoms with Gasteiger partial charge in [0.2, 0.25) is 0 Å². The topological polar surface area (TPSA) is 71.1 Å². The van der Waals surface area contributed by atoms with Crippen LogP contribution in [0.4, 0.5) is 0 Å². The Hall–Kier alpha value is -2.51. The normalized spacial score (nSPS) is 10.5. The van der Waals surface area contributed by atoms with E-state index in [2.05, 4.69) is 15.6 Å². The molecule has 2 amide bonds. The van der Waals surface area contributed by atoms with E-state index in [0.717, 1.165) is 21.8 Å². The maximum atomic E-state index is 12.4. The van der Waals surface area contributed by atoms with Crippen LogP contribution in [-0.4, -0.2) is 23.8 Å². The quantitative estimate of drug-likeness (QED) is 0.721. The number of nitrogens with one attached hydrogen (secondary N) is 2. The second kappa shape index (κ2) is 7.58. The average Bonchev–Trinajstić information content (AvgIpc) is 3.29. The van der Waals surface area contributed by atoms with E-state index in [4.69, 9.17) is 0 Å². The third-order valence-electron chi connectivity index (χ3n) is 3.67. The first-order chi connectivity index (χ1) is 12.1. The van der Waals surface area contributed by atoms with Gasteiger partial charge in [0, 0.05) is 30.1 Å². The van der Waals surface area contributed by atoms with Gasteiger partial charge < -0.3 is 10.6 Å². The van der Waals surface area contributed by atoms with E-state index in [1.807, 2.05) is 35.9 Å². The monoisotopic (exact) mass is 371 g/mol. The predicted octanol–water partition coefficient (Wildman–Crippen LogP) is 3.47. The van der Waals surface area contributed by atoms with Crippen LogP contribution in [0.15, 0.2) is 41.1 Å². The Balaban J connectivity index is 1.66. The molecule has 0 aliphatic carbocycles. The predicted molar refractivity (Wildman–Crippen MR) is 101 cm³/mol. The molecule has 128 valence electrons. The summed E-state index contributed by atoms with van der Waals surface area (Å²) in [7, 11) is 1.60. The van der Waals surface area contributed by atoms with Crippen molar-refractivity contribution >= 4 is 34.5 Å². The lowest BCUT2D eigenvalue weighted by molar-refractivity contribution is 0.0948. The number of aromatic nitrogens is 1. The average molecular weight is 371 g/mol. The summed E-state index contributed by atoms with van der Waals surface area (Å²) in [5.41, 5.74) is 3.30. The molecule has 0 radical (unpaired) electrons. The molecule has 1 aromatic carbocycles. The van der Waals surface area contributed by atoms with Crippen molar-refractivity contribution in [2.24, 2.45) is 0 Å². The van der Waals surface area contributed by atoms with Gasteiger partial charge in [0.1, 0.15) is 9.88 Å². The zero-order chi connectivity index (χ0) is 17.8. The lowest BCUT2D eigenvalue weighted by Crippen LogP contribution is -2.22. The van der Waals surface area contributed by atoms with Crippen molar-refractivity contribution in [1.29, 1.82) is 0 Å². The fraction of sp³-hybridized carbons (Fsp3) is 0.167. The van der Waals surface area contributed by atoms with Crippen LogP contribution in [0.1, 0.15) is 31.3 Å². The Bertz CT molecular complexity index is 884. The highest BCUT2D eigenvalue weighted by molar-refractivity contribution is 7.17. The minimum atomic E-state index is -0.133. The van der Waals surface area contributed by atoms with Crippen molar-refractivity contribution in [3.05, 3.63) is 62.8 Å². The maximum Gasteiger partial charge on any atom is 0.263 e. The molecule has 7 heteroatoms. The van der Waals surface area contributed by atoms with Crippen LogP contribution in [0.5, 0.6) is 0 Å². The van der Waals surface area contributed by atoms with Gasteiger partial charge in [-0.1, -0.05) is 12.1 Å². The molecule has 0 bridgehead atoms. The van der Waals surface area contributed by atoms with Gasteiger partial charge in [-0.3, -0.25) is 9.59 Å². The molecule has 3 aromatic rings. The number of carbonyl (C=O) groups is 2. The third-order valence-corrected chi connectivity index (χ3v) is 5.56. The minimum Gasteiger partial charge on any atom is -0.355 e. The number of amides is 2. The first kappa shape index (κ1) is 17.3. The van der Waals surface area contributed by atoms with Gasteiger partial charge in [0.15, 0.2) is 0 Å². The van der Waals surface area contributed by atoms with Crippen molar-refractivity contribution in [1.82, 2.24) is 15.6 Å². The zero-order valence-corrected chi connectivity index (χ0v) is 15.5. The Morgan fingerprint density at radius 1 is 1.12 bits per heavy atom. The Morgan fingerprint density at radius 2 is 1.88 bits per heavy atom. The smallest absolute Gasteiger partial charge is 0.263 e. The van der Waals surface area contributed by atoms with Gasteiger partial charge in [-0.05, 0) is 36.1 Å². The van der Waals surface area contributed by atoms with Crippen LogP contribution >= 0.6 is 22.7 Å². The zero-order valence-electron chi connectivity index (χ0n) is 13.8. The lowest BCUT2D eigenvalue weighted by atomic mass is 10.1. The van der Waals surface area contributed by atoms with Crippen LogP contribution < -0.4 is 10.6 Å². The fourth-order valence-electron chi connectivity index (χ4n) is 2.30. The van der Waals surface area contributed by atoms with Crippen LogP contribution in [0.2, 0.25) is 0 Å². The lowest BCUT2D eigenvalue weighted by Gasteiger charge is -2.05. The molecule has 0 saturated heterocycles. The number of carbonyl (C=O) groups excluding carboxylic acids is 2. The molecule has 0 atom stereocenters. The molecule has 2 aromatic heterocycles. The molecule has 0 fully saturated rings. The molecular formula is C18H17N3O2S2. The van der Waals surface area contributed by atoms with E-state index < -0.39 is 0 Å². The van der Waals surface area contributed by atoms with E-state index in [-0.39, 0.29) is 11.8 Å². The van der Waals surface area contributed by atoms with Gasteiger partial charge in [-0.25, -0.2) is 4.98 Å². The minimum absolute atomic E-state index is 0.128. The molecule has 0 aliphatic rings. The first-order valence-electron chi connectivity index (χ1n) is 7.67. The molecule has 0 aliphatic heterocycles. The molecule has 5 nitrogen and oxygen atoms in total. The highest BCUT2D eigenvalue weighted by Crippen LogP contribution is 2.29. The largest absolute Gasteiger partial charge is 0.355 e. The van der Waals surface area contributed by atoms with Crippen LogP contribution in [-0.2, 0) is 6.54 Å². The number of rotatable bonds is 5. The van der Waals surface area contributed by atoms with Crippen molar-refractivity contribution in [3.63, 3.8) is 0 Å². The molecule has 0 spiro atoms. The Kier molecular flexibility index (Phi) is 5.25. The van der Waals surface area contributed by atoms with Crippen LogP contribution in [0.25, 0.3) is 10.6 Å². The number of hydrogen-bond acceptors (Lipinski definition) is 5. The highest BCUT2D eigenvalue weighted by atomic mass is 32.1. The SMILES string of the molecule is CNC(=O)c1ccc(CNC(=O)c2sc(-c3ccsc3)nc2C)cc1. The number of thiazole rings is 1. The molecule has 3 rings (SSSR count). The van der Waals surface area contributed by atoms with E-state index >= 15 is 0 Å². The molecule has 2 heterocycles. The standard InChI is InChI=1S/C18H17N3O2S2/c1-11-15(25-18(21-11)14-7-8-24-10-14)17(23)20-9-12-3-5-13(6-4-12)16(22)19-2/h3-8,10H,9H2,1-2H3,(H,19,22)(H,20,23).